The van der Waals surface area contributed by atoms with E-state index in [-0.39, 0.29) is 22.7 Å². The Hall–Kier alpha value is -3.86. The zero-order valence-corrected chi connectivity index (χ0v) is 17.6. The summed E-state index contributed by atoms with van der Waals surface area (Å²) in [7, 11) is -4.28. The quantitative estimate of drug-likeness (QED) is 0.590. The maximum absolute atomic E-state index is 13.3. The Morgan fingerprint density at radius 1 is 1.06 bits per heavy atom. The van der Waals surface area contributed by atoms with Gasteiger partial charge >= 0.3 is 6.18 Å². The smallest absolute Gasteiger partial charge is 0.416 e. The lowest BCUT2D eigenvalue weighted by molar-refractivity contribution is -0.137. The summed E-state index contributed by atoms with van der Waals surface area (Å²) in [6.45, 7) is -0.333. The van der Waals surface area contributed by atoms with E-state index in [0.29, 0.717) is 15.9 Å². The lowest BCUT2D eigenvalue weighted by Crippen LogP contribution is -2.39. The molecule has 2 heterocycles. The zero-order chi connectivity index (χ0) is 23.8. The molecule has 0 spiro atoms. The van der Waals surface area contributed by atoms with Gasteiger partial charge in [-0.2, -0.15) is 13.2 Å². The standard InChI is InChI=1S/C22H16F3N3O4S/c23-22(24,25)15-6-3-7-16(11-15)27-21(30)19-20(29)17-8-1-2-9-18(17)33(31,32)28(19)13-14-5-4-10-26-12-14/h1-12,29H,13H2,(H,27,30). The van der Waals surface area contributed by atoms with Crippen molar-refractivity contribution >= 4 is 27.4 Å². The zero-order valence-electron chi connectivity index (χ0n) is 16.7. The maximum Gasteiger partial charge on any atom is 0.416 e. The van der Waals surface area contributed by atoms with Gasteiger partial charge in [0, 0.05) is 23.6 Å². The summed E-state index contributed by atoms with van der Waals surface area (Å²) in [5.74, 6) is -1.71. The van der Waals surface area contributed by atoms with Crippen LogP contribution in [-0.4, -0.2) is 28.7 Å². The van der Waals surface area contributed by atoms with Gasteiger partial charge in [0.25, 0.3) is 15.9 Å². The Morgan fingerprint density at radius 2 is 1.82 bits per heavy atom. The van der Waals surface area contributed by atoms with Crippen molar-refractivity contribution in [2.24, 2.45) is 0 Å². The molecule has 1 amide bonds. The van der Waals surface area contributed by atoms with Gasteiger partial charge in [0.15, 0.2) is 11.5 Å². The second-order valence-electron chi connectivity index (χ2n) is 7.10. The van der Waals surface area contributed by atoms with Crippen LogP contribution < -0.4 is 5.32 Å². The van der Waals surface area contributed by atoms with Crippen molar-refractivity contribution in [3.63, 3.8) is 0 Å². The van der Waals surface area contributed by atoms with Gasteiger partial charge in [-0.25, -0.2) is 8.42 Å². The molecule has 3 aromatic rings. The van der Waals surface area contributed by atoms with Crippen molar-refractivity contribution in [2.45, 2.75) is 17.6 Å². The number of aromatic nitrogens is 1. The summed E-state index contributed by atoms with van der Waals surface area (Å²) in [5, 5.41) is 13.1. The highest BCUT2D eigenvalue weighted by Gasteiger charge is 2.40. The summed E-state index contributed by atoms with van der Waals surface area (Å²) >= 11 is 0. The van der Waals surface area contributed by atoms with Gasteiger partial charge < -0.3 is 10.4 Å². The number of nitrogens with zero attached hydrogens (tertiary/aromatic N) is 2. The first-order valence-corrected chi connectivity index (χ1v) is 11.0. The number of pyridine rings is 1. The van der Waals surface area contributed by atoms with E-state index in [1.807, 2.05) is 0 Å². The van der Waals surface area contributed by atoms with E-state index >= 15 is 0 Å². The first kappa shape index (κ1) is 22.3. The minimum atomic E-state index is -4.64. The van der Waals surface area contributed by atoms with Crippen LogP contribution in [-0.2, 0) is 27.5 Å². The fraction of sp³-hybridized carbons (Fsp3) is 0.0909. The number of anilines is 1. The molecule has 0 atom stereocenters. The van der Waals surface area contributed by atoms with Gasteiger partial charge in [-0.15, -0.1) is 0 Å². The van der Waals surface area contributed by atoms with E-state index in [2.05, 4.69) is 10.3 Å². The van der Waals surface area contributed by atoms with Crippen LogP contribution in [0.3, 0.4) is 0 Å². The third kappa shape index (κ3) is 4.27. The molecule has 33 heavy (non-hydrogen) atoms. The number of carbonyl (C=O) groups excluding carboxylic acids is 1. The van der Waals surface area contributed by atoms with Crippen molar-refractivity contribution < 1.29 is 31.5 Å². The number of aliphatic hydroxyl groups excluding tert-OH is 1. The van der Waals surface area contributed by atoms with Crippen LogP contribution in [0.15, 0.2) is 83.6 Å². The summed E-state index contributed by atoms with van der Waals surface area (Å²) in [6.07, 6.45) is -1.75. The molecule has 1 aliphatic heterocycles. The fourth-order valence-electron chi connectivity index (χ4n) is 3.38. The average molecular weight is 475 g/mol. The van der Waals surface area contributed by atoms with E-state index in [9.17, 15) is 31.5 Å². The first-order chi connectivity index (χ1) is 15.6. The summed E-state index contributed by atoms with van der Waals surface area (Å²) in [4.78, 5) is 16.8. The topological polar surface area (TPSA) is 99.6 Å². The molecule has 170 valence electrons. The number of fused-ring (bicyclic) bond motifs is 1. The molecule has 4 rings (SSSR count). The van der Waals surface area contributed by atoms with Crippen molar-refractivity contribution in [3.05, 3.63) is 95.4 Å². The van der Waals surface area contributed by atoms with Crippen molar-refractivity contribution in [1.82, 2.24) is 9.29 Å². The monoisotopic (exact) mass is 475 g/mol. The summed E-state index contributed by atoms with van der Waals surface area (Å²) < 4.78 is 66.5. The van der Waals surface area contributed by atoms with E-state index in [1.165, 1.54) is 42.7 Å². The Kier molecular flexibility index (Phi) is 5.58. The molecular formula is C22H16F3N3O4S. The van der Waals surface area contributed by atoms with Gasteiger partial charge in [0.2, 0.25) is 0 Å². The molecular weight excluding hydrogens is 459 g/mol. The Balaban J connectivity index is 1.80. The lowest BCUT2D eigenvalue weighted by Gasteiger charge is -2.31. The lowest BCUT2D eigenvalue weighted by atomic mass is 10.1. The van der Waals surface area contributed by atoms with E-state index in [0.717, 1.165) is 12.1 Å². The number of rotatable bonds is 4. The molecule has 0 saturated heterocycles. The van der Waals surface area contributed by atoms with Crippen LogP contribution in [0.5, 0.6) is 0 Å². The molecule has 1 aromatic heterocycles. The SMILES string of the molecule is O=C(Nc1cccc(C(F)(F)F)c1)C1=C(O)c2ccccc2S(=O)(=O)N1Cc1cccnc1. The normalized spacial score (nSPS) is 15.2. The van der Waals surface area contributed by atoms with Gasteiger partial charge in [0.05, 0.1) is 17.0 Å². The second-order valence-corrected chi connectivity index (χ2v) is 8.93. The Bertz CT molecular complexity index is 1360. The Labute approximate surface area is 186 Å². The summed E-state index contributed by atoms with van der Waals surface area (Å²) in [6, 6.07) is 12.6. The van der Waals surface area contributed by atoms with E-state index in [1.54, 1.807) is 12.1 Å². The maximum atomic E-state index is 13.3. The molecule has 0 radical (unpaired) electrons. The number of amides is 1. The molecule has 7 nitrogen and oxygen atoms in total. The number of aliphatic hydroxyl groups is 1. The third-order valence-electron chi connectivity index (χ3n) is 4.90. The highest BCUT2D eigenvalue weighted by Crippen LogP contribution is 2.37. The fourth-order valence-corrected chi connectivity index (χ4v) is 5.04. The molecule has 2 aromatic carbocycles. The molecule has 0 unspecified atom stereocenters. The van der Waals surface area contributed by atoms with E-state index in [4.69, 9.17) is 0 Å². The molecule has 1 aliphatic rings. The van der Waals surface area contributed by atoms with Crippen molar-refractivity contribution in [3.8, 4) is 0 Å². The van der Waals surface area contributed by atoms with Crippen LogP contribution in [0.1, 0.15) is 16.7 Å². The highest BCUT2D eigenvalue weighted by atomic mass is 32.2. The van der Waals surface area contributed by atoms with Crippen LogP contribution >= 0.6 is 0 Å². The number of benzene rings is 2. The minimum Gasteiger partial charge on any atom is -0.505 e. The van der Waals surface area contributed by atoms with Crippen LogP contribution in [0.25, 0.3) is 5.76 Å². The van der Waals surface area contributed by atoms with Gasteiger partial charge in [0.1, 0.15) is 0 Å². The predicted molar refractivity (Wildman–Crippen MR) is 113 cm³/mol. The van der Waals surface area contributed by atoms with Crippen LogP contribution in [0, 0.1) is 0 Å². The number of hydrogen-bond acceptors (Lipinski definition) is 5. The van der Waals surface area contributed by atoms with Crippen LogP contribution in [0.2, 0.25) is 0 Å². The number of alkyl halides is 3. The van der Waals surface area contributed by atoms with Crippen LogP contribution in [0.4, 0.5) is 18.9 Å². The first-order valence-electron chi connectivity index (χ1n) is 9.52. The van der Waals surface area contributed by atoms with Gasteiger partial charge in [-0.1, -0.05) is 24.3 Å². The summed E-state index contributed by atoms with van der Waals surface area (Å²) in [5.41, 5.74) is -1.48. The second kappa shape index (κ2) is 8.24. The molecule has 0 fully saturated rings. The number of nitrogens with one attached hydrogen (secondary N) is 1. The number of halogens is 3. The number of carbonyl (C=O) groups is 1. The highest BCUT2D eigenvalue weighted by molar-refractivity contribution is 7.89. The van der Waals surface area contributed by atoms with E-state index < -0.39 is 39.1 Å². The molecule has 2 N–H and O–H groups in total. The minimum absolute atomic E-state index is 0.0888. The largest absolute Gasteiger partial charge is 0.505 e. The number of hydrogen-bond donors (Lipinski definition) is 2. The average Bonchev–Trinajstić information content (AvgIpc) is 2.78. The number of sulfonamides is 1. The predicted octanol–water partition coefficient (Wildman–Crippen LogP) is 4.17. The third-order valence-corrected chi connectivity index (χ3v) is 6.70. The van der Waals surface area contributed by atoms with Gasteiger partial charge in [-0.3, -0.25) is 14.1 Å². The molecule has 0 aliphatic carbocycles. The molecule has 0 saturated carbocycles. The van der Waals surface area contributed by atoms with Gasteiger partial charge in [-0.05, 0) is 42.0 Å². The molecule has 11 heteroatoms. The van der Waals surface area contributed by atoms with Crippen molar-refractivity contribution in [1.29, 1.82) is 0 Å². The van der Waals surface area contributed by atoms with Crippen molar-refractivity contribution in [2.75, 3.05) is 5.32 Å². The molecule has 0 bridgehead atoms. The Morgan fingerprint density at radius 3 is 2.52 bits per heavy atom.